The summed E-state index contributed by atoms with van der Waals surface area (Å²) in [5, 5.41) is -0.0418. The van der Waals surface area contributed by atoms with E-state index in [-0.39, 0.29) is 16.3 Å². The van der Waals surface area contributed by atoms with Gasteiger partial charge in [-0.3, -0.25) is 0 Å². The van der Waals surface area contributed by atoms with Crippen molar-refractivity contribution in [3.05, 3.63) is 28.8 Å². The van der Waals surface area contributed by atoms with Crippen molar-refractivity contribution in [1.29, 1.82) is 0 Å². The molecule has 0 spiro atoms. The first-order valence-electron chi connectivity index (χ1n) is 3.30. The maximum absolute atomic E-state index is 12.2. The summed E-state index contributed by atoms with van der Waals surface area (Å²) in [4.78, 5) is 13.0. The quantitative estimate of drug-likeness (QED) is 0.536. The van der Waals surface area contributed by atoms with E-state index in [0.717, 1.165) is 6.07 Å². The molecule has 0 aliphatic rings. The Morgan fingerprint density at radius 2 is 2.15 bits per heavy atom. The Morgan fingerprint density at radius 3 is 2.69 bits per heavy atom. The minimum absolute atomic E-state index is 0.0418. The number of benzene rings is 1. The van der Waals surface area contributed by atoms with Gasteiger partial charge in [-0.1, -0.05) is 11.6 Å². The summed E-state index contributed by atoms with van der Waals surface area (Å²) >= 11 is 5.47. The SMILES string of the molecule is O=C=Nc1ccc(Cl)c(C(F)F)c1. The summed E-state index contributed by atoms with van der Waals surface area (Å²) in [7, 11) is 0. The molecule has 0 aliphatic heterocycles. The van der Waals surface area contributed by atoms with Crippen molar-refractivity contribution in [3.63, 3.8) is 0 Å². The predicted molar refractivity (Wildman–Crippen MR) is 44.2 cm³/mol. The molecule has 1 aromatic rings. The number of aliphatic imine (C=N–C) groups is 1. The lowest BCUT2D eigenvalue weighted by Gasteiger charge is -2.02. The number of isocyanates is 1. The van der Waals surface area contributed by atoms with E-state index in [4.69, 9.17) is 11.6 Å². The van der Waals surface area contributed by atoms with Crippen molar-refractivity contribution in [2.45, 2.75) is 6.43 Å². The Bertz CT molecular complexity index is 361. The van der Waals surface area contributed by atoms with Gasteiger partial charge in [0.1, 0.15) is 0 Å². The second-order valence-electron chi connectivity index (χ2n) is 2.21. The van der Waals surface area contributed by atoms with Gasteiger partial charge in [0.25, 0.3) is 6.43 Å². The van der Waals surface area contributed by atoms with Crippen molar-refractivity contribution in [2.75, 3.05) is 0 Å². The molecule has 0 fully saturated rings. The maximum Gasteiger partial charge on any atom is 0.265 e. The van der Waals surface area contributed by atoms with Gasteiger partial charge in [0.2, 0.25) is 6.08 Å². The van der Waals surface area contributed by atoms with E-state index in [0.29, 0.717) is 0 Å². The number of carbonyl (C=O) groups excluding carboxylic acids is 1. The monoisotopic (exact) mass is 203 g/mol. The van der Waals surface area contributed by atoms with Gasteiger partial charge < -0.3 is 0 Å². The lowest BCUT2D eigenvalue weighted by molar-refractivity contribution is 0.151. The molecule has 0 radical (unpaired) electrons. The van der Waals surface area contributed by atoms with Crippen LogP contribution in [0, 0.1) is 0 Å². The molecule has 0 amide bonds. The van der Waals surface area contributed by atoms with Gasteiger partial charge in [-0.05, 0) is 18.2 Å². The molecule has 0 heterocycles. The standard InChI is InChI=1S/C8H4ClF2NO/c9-7-2-1-5(12-4-13)3-6(7)8(10)11/h1-3,8H. The highest BCUT2D eigenvalue weighted by molar-refractivity contribution is 6.31. The van der Waals surface area contributed by atoms with Crippen LogP contribution in [0.15, 0.2) is 23.2 Å². The van der Waals surface area contributed by atoms with Gasteiger partial charge in [-0.25, -0.2) is 13.6 Å². The third-order valence-corrected chi connectivity index (χ3v) is 1.73. The van der Waals surface area contributed by atoms with E-state index in [1.807, 2.05) is 0 Å². The average molecular weight is 204 g/mol. The highest BCUT2D eigenvalue weighted by Crippen LogP contribution is 2.30. The third-order valence-electron chi connectivity index (χ3n) is 1.39. The van der Waals surface area contributed by atoms with Crippen LogP contribution in [-0.2, 0) is 4.79 Å². The van der Waals surface area contributed by atoms with Crippen molar-refractivity contribution in [3.8, 4) is 0 Å². The molecule has 1 aromatic carbocycles. The first kappa shape index (κ1) is 9.84. The molecule has 68 valence electrons. The summed E-state index contributed by atoms with van der Waals surface area (Å²) in [6, 6.07) is 3.68. The topological polar surface area (TPSA) is 29.4 Å². The zero-order valence-corrected chi connectivity index (χ0v) is 7.05. The summed E-state index contributed by atoms with van der Waals surface area (Å²) in [6.45, 7) is 0. The van der Waals surface area contributed by atoms with Gasteiger partial charge in [-0.2, -0.15) is 4.99 Å². The molecular weight excluding hydrogens is 200 g/mol. The normalized spacial score (nSPS) is 9.85. The number of hydrogen-bond donors (Lipinski definition) is 0. The van der Waals surface area contributed by atoms with E-state index in [1.54, 1.807) is 0 Å². The molecule has 1 rings (SSSR count). The Hall–Kier alpha value is -1.25. The largest absolute Gasteiger partial charge is 0.265 e. The van der Waals surface area contributed by atoms with Crippen LogP contribution in [0.25, 0.3) is 0 Å². The molecule has 2 nitrogen and oxygen atoms in total. The molecular formula is C8H4ClF2NO. The van der Waals surface area contributed by atoms with Crippen molar-refractivity contribution < 1.29 is 13.6 Å². The Kier molecular flexibility index (Phi) is 3.12. The summed E-state index contributed by atoms with van der Waals surface area (Å²) in [6.07, 6.45) is -1.42. The van der Waals surface area contributed by atoms with E-state index in [1.165, 1.54) is 18.2 Å². The van der Waals surface area contributed by atoms with Crippen LogP contribution in [0.3, 0.4) is 0 Å². The van der Waals surface area contributed by atoms with Gasteiger partial charge in [-0.15, -0.1) is 0 Å². The summed E-state index contributed by atoms with van der Waals surface area (Å²) in [5.41, 5.74) is -0.215. The number of hydrogen-bond acceptors (Lipinski definition) is 2. The van der Waals surface area contributed by atoms with E-state index in [2.05, 4.69) is 4.99 Å². The minimum Gasteiger partial charge on any atom is -0.211 e. The highest BCUT2D eigenvalue weighted by atomic mass is 35.5. The molecule has 0 saturated carbocycles. The number of nitrogens with zero attached hydrogens (tertiary/aromatic N) is 1. The molecule has 5 heteroatoms. The molecule has 0 unspecified atom stereocenters. The molecule has 0 saturated heterocycles. The van der Waals surface area contributed by atoms with Gasteiger partial charge in [0.15, 0.2) is 0 Å². The van der Waals surface area contributed by atoms with E-state index >= 15 is 0 Å². The van der Waals surface area contributed by atoms with Gasteiger partial charge in [0, 0.05) is 10.6 Å². The highest BCUT2D eigenvalue weighted by Gasteiger charge is 2.11. The molecule has 0 aliphatic carbocycles. The molecule has 0 bridgehead atoms. The van der Waals surface area contributed by atoms with Crippen LogP contribution >= 0.6 is 11.6 Å². The Balaban J connectivity index is 3.18. The third kappa shape index (κ3) is 2.34. The van der Waals surface area contributed by atoms with E-state index < -0.39 is 6.43 Å². The van der Waals surface area contributed by atoms with Crippen LogP contribution in [0.5, 0.6) is 0 Å². The molecule has 0 N–H and O–H groups in total. The average Bonchev–Trinajstić information content (AvgIpc) is 2.08. The van der Waals surface area contributed by atoms with Gasteiger partial charge >= 0.3 is 0 Å². The summed E-state index contributed by atoms with van der Waals surface area (Å²) in [5.74, 6) is 0. The molecule has 0 aromatic heterocycles. The number of rotatable bonds is 2. The Morgan fingerprint density at radius 1 is 1.46 bits per heavy atom. The van der Waals surface area contributed by atoms with Crippen molar-refractivity contribution >= 4 is 23.4 Å². The van der Waals surface area contributed by atoms with Crippen LogP contribution in [0.4, 0.5) is 14.5 Å². The smallest absolute Gasteiger partial charge is 0.211 e. The molecule has 13 heavy (non-hydrogen) atoms. The first-order chi connectivity index (χ1) is 6.15. The zero-order chi connectivity index (χ0) is 9.84. The lowest BCUT2D eigenvalue weighted by Crippen LogP contribution is -1.84. The predicted octanol–water partition coefficient (Wildman–Crippen LogP) is 3.24. The maximum atomic E-state index is 12.2. The van der Waals surface area contributed by atoms with Crippen LogP contribution in [0.1, 0.15) is 12.0 Å². The first-order valence-corrected chi connectivity index (χ1v) is 3.68. The van der Waals surface area contributed by atoms with Crippen LogP contribution < -0.4 is 0 Å². The van der Waals surface area contributed by atoms with Gasteiger partial charge in [0.05, 0.1) is 5.69 Å². The number of alkyl halides is 2. The molecule has 0 atom stereocenters. The van der Waals surface area contributed by atoms with Crippen LogP contribution in [-0.4, -0.2) is 6.08 Å². The minimum atomic E-state index is -2.67. The van der Waals surface area contributed by atoms with Crippen molar-refractivity contribution in [1.82, 2.24) is 0 Å². The van der Waals surface area contributed by atoms with Crippen LogP contribution in [0.2, 0.25) is 5.02 Å². The second-order valence-corrected chi connectivity index (χ2v) is 2.62. The summed E-state index contributed by atoms with van der Waals surface area (Å²) < 4.78 is 24.4. The Labute approximate surface area is 77.9 Å². The zero-order valence-electron chi connectivity index (χ0n) is 6.30. The fraction of sp³-hybridized carbons (Fsp3) is 0.125. The number of halogens is 3. The van der Waals surface area contributed by atoms with Crippen molar-refractivity contribution in [2.24, 2.45) is 4.99 Å². The fourth-order valence-electron chi connectivity index (χ4n) is 0.821. The fourth-order valence-corrected chi connectivity index (χ4v) is 1.02. The van der Waals surface area contributed by atoms with E-state index in [9.17, 15) is 13.6 Å². The lowest BCUT2D eigenvalue weighted by atomic mass is 10.2. The second kappa shape index (κ2) is 4.12.